The third-order valence-electron chi connectivity index (χ3n) is 5.41. The number of nitrogens with zero attached hydrogens (tertiary/aromatic N) is 2. The van der Waals surface area contributed by atoms with Crippen molar-refractivity contribution >= 4 is 17.2 Å². The Labute approximate surface area is 130 Å². The van der Waals surface area contributed by atoms with Crippen LogP contribution in [-0.4, -0.2) is 48.4 Å². The van der Waals surface area contributed by atoms with Gasteiger partial charge in [0.25, 0.3) is 5.91 Å². The summed E-state index contributed by atoms with van der Waals surface area (Å²) in [7, 11) is 0. The van der Waals surface area contributed by atoms with E-state index in [1.165, 1.54) is 51.7 Å². The average Bonchev–Trinajstić information content (AvgIpc) is 3.00. The molecule has 3 aliphatic rings. The van der Waals surface area contributed by atoms with E-state index in [0.29, 0.717) is 5.41 Å². The van der Waals surface area contributed by atoms with E-state index in [9.17, 15) is 4.79 Å². The van der Waals surface area contributed by atoms with Gasteiger partial charge in [-0.25, -0.2) is 0 Å². The van der Waals surface area contributed by atoms with Crippen molar-refractivity contribution < 1.29 is 4.79 Å². The number of likely N-dealkylation sites (tertiary alicyclic amines) is 2. The summed E-state index contributed by atoms with van der Waals surface area (Å²) in [6.07, 6.45) is 6.64. The highest BCUT2D eigenvalue weighted by Gasteiger charge is 2.43. The number of piperidine rings is 1. The molecule has 4 heteroatoms. The molecule has 1 saturated carbocycles. The number of thiophene rings is 1. The monoisotopic (exact) mass is 304 g/mol. The molecule has 3 heterocycles. The zero-order chi connectivity index (χ0) is 14.3. The van der Waals surface area contributed by atoms with Gasteiger partial charge in [0.15, 0.2) is 0 Å². The number of carbonyl (C=O) groups excluding carboxylic acids is 1. The fourth-order valence-electron chi connectivity index (χ4n) is 4.12. The summed E-state index contributed by atoms with van der Waals surface area (Å²) in [4.78, 5) is 18.3. The number of carbonyl (C=O) groups is 1. The lowest BCUT2D eigenvalue weighted by atomic mass is 9.79. The smallest absolute Gasteiger partial charge is 0.263 e. The van der Waals surface area contributed by atoms with E-state index in [1.54, 1.807) is 11.3 Å². The Morgan fingerprint density at radius 1 is 1.29 bits per heavy atom. The minimum absolute atomic E-state index is 0.254. The Bertz CT molecular complexity index is 511. The van der Waals surface area contributed by atoms with Gasteiger partial charge in [-0.2, -0.15) is 0 Å². The second kappa shape index (κ2) is 5.40. The van der Waals surface area contributed by atoms with Crippen molar-refractivity contribution in [3.05, 3.63) is 22.4 Å². The van der Waals surface area contributed by atoms with Gasteiger partial charge in [-0.15, -0.1) is 11.3 Å². The fourth-order valence-corrected chi connectivity index (χ4v) is 4.81. The zero-order valence-corrected chi connectivity index (χ0v) is 13.4. The highest BCUT2D eigenvalue weighted by atomic mass is 32.1. The van der Waals surface area contributed by atoms with Crippen LogP contribution in [0.5, 0.6) is 0 Å². The molecule has 1 atom stereocenters. The second-order valence-electron chi connectivity index (χ2n) is 7.24. The van der Waals surface area contributed by atoms with Crippen LogP contribution in [0.4, 0.5) is 0 Å². The van der Waals surface area contributed by atoms with Crippen molar-refractivity contribution in [2.75, 3.05) is 32.7 Å². The molecule has 4 rings (SSSR count). The SMILES string of the molecule is O=C(c1cccs1)N1CCC[C@]2(CCN(CC3CC3)C2)C1. The van der Waals surface area contributed by atoms with Crippen LogP contribution >= 0.6 is 11.3 Å². The topological polar surface area (TPSA) is 23.6 Å². The molecule has 1 amide bonds. The Morgan fingerprint density at radius 3 is 2.95 bits per heavy atom. The summed E-state index contributed by atoms with van der Waals surface area (Å²) in [5, 5.41) is 2.00. The highest BCUT2D eigenvalue weighted by molar-refractivity contribution is 7.12. The van der Waals surface area contributed by atoms with Crippen LogP contribution in [0.3, 0.4) is 0 Å². The first kappa shape index (κ1) is 13.8. The van der Waals surface area contributed by atoms with E-state index in [0.717, 1.165) is 23.9 Å². The molecule has 0 aromatic carbocycles. The van der Waals surface area contributed by atoms with Crippen LogP contribution in [0.1, 0.15) is 41.8 Å². The van der Waals surface area contributed by atoms with Crippen molar-refractivity contribution in [1.29, 1.82) is 0 Å². The van der Waals surface area contributed by atoms with Crippen molar-refractivity contribution in [1.82, 2.24) is 9.80 Å². The summed E-state index contributed by atoms with van der Waals surface area (Å²) in [5.41, 5.74) is 0.389. The van der Waals surface area contributed by atoms with Gasteiger partial charge in [0.1, 0.15) is 0 Å². The standard InChI is InChI=1S/C17H24N2OS/c20-16(15-3-1-10-21-15)19-8-2-6-17(13-19)7-9-18(12-17)11-14-4-5-14/h1,3,10,14H,2,4-9,11-13H2/t17-/m1/s1. The van der Waals surface area contributed by atoms with E-state index in [-0.39, 0.29) is 5.91 Å². The third-order valence-corrected chi connectivity index (χ3v) is 6.27. The van der Waals surface area contributed by atoms with Gasteiger partial charge in [0, 0.05) is 31.6 Å². The Morgan fingerprint density at radius 2 is 2.19 bits per heavy atom. The van der Waals surface area contributed by atoms with Crippen LogP contribution in [0.2, 0.25) is 0 Å². The van der Waals surface area contributed by atoms with Gasteiger partial charge >= 0.3 is 0 Å². The molecule has 1 aliphatic carbocycles. The Balaban J connectivity index is 1.41. The van der Waals surface area contributed by atoms with Crippen molar-refractivity contribution in [2.45, 2.75) is 32.1 Å². The molecule has 3 fully saturated rings. The van der Waals surface area contributed by atoms with E-state index in [1.807, 2.05) is 17.5 Å². The molecular weight excluding hydrogens is 280 g/mol. The number of hydrogen-bond donors (Lipinski definition) is 0. The molecule has 1 spiro atoms. The number of amides is 1. The molecular formula is C17H24N2OS. The largest absolute Gasteiger partial charge is 0.337 e. The molecule has 0 bridgehead atoms. The van der Waals surface area contributed by atoms with Crippen molar-refractivity contribution in [2.24, 2.45) is 11.3 Å². The van der Waals surface area contributed by atoms with Gasteiger partial charge in [-0.05, 0) is 56.0 Å². The van der Waals surface area contributed by atoms with Gasteiger partial charge < -0.3 is 9.80 Å². The maximum Gasteiger partial charge on any atom is 0.263 e. The summed E-state index contributed by atoms with van der Waals surface area (Å²) < 4.78 is 0. The first-order chi connectivity index (χ1) is 10.2. The van der Waals surface area contributed by atoms with Crippen molar-refractivity contribution in [3.8, 4) is 0 Å². The Kier molecular flexibility index (Phi) is 3.54. The zero-order valence-electron chi connectivity index (χ0n) is 12.6. The van der Waals surface area contributed by atoms with E-state index in [4.69, 9.17) is 0 Å². The van der Waals surface area contributed by atoms with Crippen LogP contribution in [-0.2, 0) is 0 Å². The quantitative estimate of drug-likeness (QED) is 0.857. The molecule has 2 aliphatic heterocycles. The first-order valence-corrected chi connectivity index (χ1v) is 9.17. The predicted molar refractivity (Wildman–Crippen MR) is 85.7 cm³/mol. The van der Waals surface area contributed by atoms with Gasteiger partial charge in [-0.1, -0.05) is 6.07 Å². The molecule has 2 saturated heterocycles. The number of rotatable bonds is 3. The summed E-state index contributed by atoms with van der Waals surface area (Å²) in [6, 6.07) is 3.94. The van der Waals surface area contributed by atoms with Crippen LogP contribution in [0.15, 0.2) is 17.5 Å². The molecule has 0 radical (unpaired) electrons. The molecule has 21 heavy (non-hydrogen) atoms. The highest BCUT2D eigenvalue weighted by Crippen LogP contribution is 2.41. The third kappa shape index (κ3) is 2.88. The van der Waals surface area contributed by atoms with E-state index >= 15 is 0 Å². The maximum atomic E-state index is 12.6. The normalized spacial score (nSPS) is 30.2. The predicted octanol–water partition coefficient (Wildman–Crippen LogP) is 3.09. The van der Waals surface area contributed by atoms with Gasteiger partial charge in [0.05, 0.1) is 4.88 Å². The summed E-state index contributed by atoms with van der Waals surface area (Å²) >= 11 is 1.57. The average molecular weight is 304 g/mol. The Hall–Kier alpha value is -0.870. The molecule has 3 nitrogen and oxygen atoms in total. The van der Waals surface area contributed by atoms with Crippen LogP contribution in [0, 0.1) is 11.3 Å². The number of hydrogen-bond acceptors (Lipinski definition) is 3. The second-order valence-corrected chi connectivity index (χ2v) is 8.18. The summed E-state index contributed by atoms with van der Waals surface area (Å²) in [6.45, 7) is 5.70. The van der Waals surface area contributed by atoms with E-state index in [2.05, 4.69) is 9.80 Å². The molecule has 1 aromatic heterocycles. The minimum atomic E-state index is 0.254. The molecule has 0 N–H and O–H groups in total. The van der Waals surface area contributed by atoms with Crippen LogP contribution in [0.25, 0.3) is 0 Å². The minimum Gasteiger partial charge on any atom is -0.337 e. The maximum absolute atomic E-state index is 12.6. The van der Waals surface area contributed by atoms with Crippen molar-refractivity contribution in [3.63, 3.8) is 0 Å². The van der Waals surface area contributed by atoms with Gasteiger partial charge in [-0.3, -0.25) is 4.79 Å². The van der Waals surface area contributed by atoms with Gasteiger partial charge in [0.2, 0.25) is 0 Å². The van der Waals surface area contributed by atoms with Crippen LogP contribution < -0.4 is 0 Å². The lowest BCUT2D eigenvalue weighted by Crippen LogP contribution is -2.47. The lowest BCUT2D eigenvalue weighted by Gasteiger charge is -2.40. The van der Waals surface area contributed by atoms with E-state index < -0.39 is 0 Å². The fraction of sp³-hybridized carbons (Fsp3) is 0.706. The lowest BCUT2D eigenvalue weighted by molar-refractivity contribution is 0.0532. The first-order valence-electron chi connectivity index (χ1n) is 8.29. The molecule has 114 valence electrons. The summed E-state index contributed by atoms with van der Waals surface area (Å²) in [5.74, 6) is 1.23. The molecule has 0 unspecified atom stereocenters. The molecule has 1 aromatic rings.